The molecule has 1 unspecified atom stereocenters. The zero-order valence-electron chi connectivity index (χ0n) is 14.0. The lowest BCUT2D eigenvalue weighted by Gasteiger charge is -2.26. The predicted octanol–water partition coefficient (Wildman–Crippen LogP) is 4.09. The van der Waals surface area contributed by atoms with E-state index in [0.717, 1.165) is 47.8 Å². The predicted molar refractivity (Wildman–Crippen MR) is 95.6 cm³/mol. The van der Waals surface area contributed by atoms with Crippen LogP contribution in [0.2, 0.25) is 0 Å². The van der Waals surface area contributed by atoms with E-state index in [4.69, 9.17) is 9.15 Å². The number of thiophene rings is 1. The summed E-state index contributed by atoms with van der Waals surface area (Å²) >= 11 is 1.73. The lowest BCUT2D eigenvalue weighted by atomic mass is 10.1. The van der Waals surface area contributed by atoms with Gasteiger partial charge in [0.1, 0.15) is 22.7 Å². The Labute approximate surface area is 145 Å². The number of aromatic nitrogens is 2. The van der Waals surface area contributed by atoms with E-state index in [-0.39, 0.29) is 6.10 Å². The molecule has 0 radical (unpaired) electrons. The number of rotatable bonds is 5. The van der Waals surface area contributed by atoms with E-state index < -0.39 is 0 Å². The summed E-state index contributed by atoms with van der Waals surface area (Å²) in [5, 5.41) is 1.16. The van der Waals surface area contributed by atoms with Crippen molar-refractivity contribution in [1.82, 2.24) is 9.97 Å². The highest BCUT2D eigenvalue weighted by atomic mass is 32.1. The third-order valence-corrected chi connectivity index (χ3v) is 5.73. The maximum Gasteiger partial charge on any atom is 0.141 e. The van der Waals surface area contributed by atoms with Crippen LogP contribution in [0, 0.1) is 13.8 Å². The molecule has 0 spiro atoms. The lowest BCUT2D eigenvalue weighted by molar-refractivity contribution is 0.115. The zero-order valence-corrected chi connectivity index (χ0v) is 14.8. The molecule has 0 aliphatic carbocycles. The van der Waals surface area contributed by atoms with Crippen LogP contribution in [0.1, 0.15) is 29.0 Å². The first kappa shape index (κ1) is 15.6. The maximum absolute atomic E-state index is 5.86. The Balaban J connectivity index is 1.74. The molecule has 1 saturated heterocycles. The van der Waals surface area contributed by atoms with Crippen molar-refractivity contribution < 1.29 is 9.15 Å². The Kier molecular flexibility index (Phi) is 4.24. The van der Waals surface area contributed by atoms with E-state index in [1.165, 1.54) is 10.4 Å². The number of hydrogen-bond acceptors (Lipinski definition) is 6. The second-order valence-corrected chi connectivity index (χ2v) is 7.46. The molecule has 0 saturated carbocycles. The van der Waals surface area contributed by atoms with Crippen molar-refractivity contribution in [1.29, 1.82) is 0 Å². The van der Waals surface area contributed by atoms with Crippen molar-refractivity contribution in [3.8, 4) is 0 Å². The van der Waals surface area contributed by atoms with Gasteiger partial charge in [0.25, 0.3) is 0 Å². The first-order chi connectivity index (χ1) is 11.7. The molecule has 0 amide bonds. The van der Waals surface area contributed by atoms with Crippen LogP contribution in [0.4, 0.5) is 5.82 Å². The second-order valence-electron chi connectivity index (χ2n) is 6.26. The normalized spacial score (nSPS) is 17.7. The van der Waals surface area contributed by atoms with Crippen molar-refractivity contribution in [3.63, 3.8) is 0 Å². The minimum Gasteiger partial charge on any atom is -0.467 e. The molecule has 6 heteroatoms. The van der Waals surface area contributed by atoms with Crippen LogP contribution in [0.3, 0.4) is 0 Å². The van der Waals surface area contributed by atoms with Crippen molar-refractivity contribution in [2.75, 3.05) is 18.1 Å². The Morgan fingerprint density at radius 3 is 3.00 bits per heavy atom. The monoisotopic (exact) mass is 343 g/mol. The zero-order chi connectivity index (χ0) is 16.5. The van der Waals surface area contributed by atoms with Gasteiger partial charge in [0.15, 0.2) is 0 Å². The molecular formula is C18H21N3O2S. The minimum atomic E-state index is 0.255. The molecule has 126 valence electrons. The summed E-state index contributed by atoms with van der Waals surface area (Å²) in [7, 11) is 0. The fourth-order valence-electron chi connectivity index (χ4n) is 3.25. The van der Waals surface area contributed by atoms with Crippen molar-refractivity contribution in [3.05, 3.63) is 40.9 Å². The second kappa shape index (κ2) is 6.53. The summed E-state index contributed by atoms with van der Waals surface area (Å²) in [5.41, 5.74) is 1.27. The summed E-state index contributed by atoms with van der Waals surface area (Å²) in [6.45, 7) is 6.66. The summed E-state index contributed by atoms with van der Waals surface area (Å²) in [5.74, 6) is 1.91. The summed E-state index contributed by atoms with van der Waals surface area (Å²) in [4.78, 5) is 13.7. The molecule has 1 aliphatic rings. The quantitative estimate of drug-likeness (QED) is 0.698. The summed E-state index contributed by atoms with van der Waals surface area (Å²) in [6.07, 6.45) is 5.87. The van der Waals surface area contributed by atoms with Crippen molar-refractivity contribution >= 4 is 27.4 Å². The molecule has 0 N–H and O–H groups in total. The summed E-state index contributed by atoms with van der Waals surface area (Å²) < 4.78 is 11.4. The SMILES string of the molecule is Cc1sc2ncnc(N(Cc3ccco3)CC3CCCO3)c2c1C. The average molecular weight is 343 g/mol. The Hall–Kier alpha value is -1.92. The molecule has 3 aromatic heterocycles. The number of nitrogens with zero attached hydrogens (tertiary/aromatic N) is 3. The van der Waals surface area contributed by atoms with Crippen LogP contribution >= 0.6 is 11.3 Å². The van der Waals surface area contributed by atoms with Crippen LogP contribution in [-0.4, -0.2) is 29.2 Å². The Morgan fingerprint density at radius 2 is 2.25 bits per heavy atom. The smallest absolute Gasteiger partial charge is 0.141 e. The number of ether oxygens (including phenoxy) is 1. The number of furan rings is 1. The number of anilines is 1. The topological polar surface area (TPSA) is 51.4 Å². The van der Waals surface area contributed by atoms with Crippen molar-refractivity contribution in [2.45, 2.75) is 39.3 Å². The molecule has 24 heavy (non-hydrogen) atoms. The summed E-state index contributed by atoms with van der Waals surface area (Å²) in [6, 6.07) is 3.93. The Morgan fingerprint density at radius 1 is 1.33 bits per heavy atom. The van der Waals surface area contributed by atoms with Gasteiger partial charge in [0, 0.05) is 18.0 Å². The minimum absolute atomic E-state index is 0.255. The molecule has 5 nitrogen and oxygen atoms in total. The van der Waals surface area contributed by atoms with Gasteiger partial charge in [0.2, 0.25) is 0 Å². The molecule has 0 bridgehead atoms. The molecule has 4 heterocycles. The van der Waals surface area contributed by atoms with Gasteiger partial charge in [-0.2, -0.15) is 0 Å². The van der Waals surface area contributed by atoms with Gasteiger partial charge >= 0.3 is 0 Å². The maximum atomic E-state index is 5.86. The van der Waals surface area contributed by atoms with E-state index in [2.05, 4.69) is 28.7 Å². The fraction of sp³-hybridized carbons (Fsp3) is 0.444. The first-order valence-corrected chi connectivity index (χ1v) is 9.13. The van der Waals surface area contributed by atoms with E-state index in [1.54, 1.807) is 23.9 Å². The van der Waals surface area contributed by atoms with E-state index >= 15 is 0 Å². The van der Waals surface area contributed by atoms with Gasteiger partial charge in [-0.3, -0.25) is 0 Å². The lowest BCUT2D eigenvalue weighted by Crippen LogP contribution is -2.32. The standard InChI is InChI=1S/C18H21N3O2S/c1-12-13(2)24-18-16(12)17(19-11-20-18)21(9-14-5-3-7-22-14)10-15-6-4-8-23-15/h3,5,7,11,15H,4,6,8-10H2,1-2H3. The number of fused-ring (bicyclic) bond motifs is 1. The van der Waals surface area contributed by atoms with Crippen LogP contribution in [0.25, 0.3) is 10.2 Å². The van der Waals surface area contributed by atoms with Gasteiger partial charge in [-0.1, -0.05) is 0 Å². The highest BCUT2D eigenvalue weighted by Gasteiger charge is 2.24. The van der Waals surface area contributed by atoms with Crippen LogP contribution in [0.5, 0.6) is 0 Å². The van der Waals surface area contributed by atoms with Gasteiger partial charge < -0.3 is 14.1 Å². The van der Waals surface area contributed by atoms with E-state index in [0.29, 0.717) is 6.54 Å². The largest absolute Gasteiger partial charge is 0.467 e. The molecule has 4 rings (SSSR count). The van der Waals surface area contributed by atoms with Gasteiger partial charge in [-0.25, -0.2) is 9.97 Å². The third-order valence-electron chi connectivity index (χ3n) is 4.62. The number of hydrogen-bond donors (Lipinski definition) is 0. The highest BCUT2D eigenvalue weighted by molar-refractivity contribution is 7.18. The molecular weight excluding hydrogens is 322 g/mol. The number of aryl methyl sites for hydroxylation is 2. The molecule has 3 aromatic rings. The van der Waals surface area contributed by atoms with Gasteiger partial charge in [-0.05, 0) is 44.4 Å². The molecule has 1 aliphatic heterocycles. The van der Waals surface area contributed by atoms with E-state index in [9.17, 15) is 0 Å². The average Bonchev–Trinajstić information content (AvgIpc) is 3.31. The van der Waals surface area contributed by atoms with E-state index in [1.807, 2.05) is 12.1 Å². The molecule has 1 fully saturated rings. The molecule has 1 atom stereocenters. The van der Waals surface area contributed by atoms with Gasteiger partial charge in [-0.15, -0.1) is 11.3 Å². The fourth-order valence-corrected chi connectivity index (χ4v) is 4.25. The van der Waals surface area contributed by atoms with Crippen LogP contribution in [-0.2, 0) is 11.3 Å². The molecule has 0 aromatic carbocycles. The van der Waals surface area contributed by atoms with Crippen LogP contribution in [0.15, 0.2) is 29.1 Å². The highest BCUT2D eigenvalue weighted by Crippen LogP contribution is 2.35. The van der Waals surface area contributed by atoms with Gasteiger partial charge in [0.05, 0.1) is 24.3 Å². The Bertz CT molecular complexity index is 822. The first-order valence-electron chi connectivity index (χ1n) is 8.32. The third kappa shape index (κ3) is 2.91. The van der Waals surface area contributed by atoms with Crippen molar-refractivity contribution in [2.24, 2.45) is 0 Å². The van der Waals surface area contributed by atoms with Crippen LogP contribution < -0.4 is 4.90 Å².